The van der Waals surface area contributed by atoms with E-state index in [9.17, 15) is 18.7 Å². The van der Waals surface area contributed by atoms with Crippen LogP contribution in [-0.2, 0) is 0 Å². The van der Waals surface area contributed by atoms with Crippen LogP contribution < -0.4 is 0 Å². The number of aromatic nitrogens is 1. The van der Waals surface area contributed by atoms with Crippen LogP contribution >= 0.6 is 11.6 Å². The predicted molar refractivity (Wildman–Crippen MR) is 65.3 cm³/mol. The van der Waals surface area contributed by atoms with Crippen LogP contribution in [0.4, 0.5) is 8.78 Å². The molecule has 1 aliphatic heterocycles. The Kier molecular flexibility index (Phi) is 3.26. The van der Waals surface area contributed by atoms with E-state index in [1.165, 1.54) is 32.0 Å². The minimum atomic E-state index is -3.34. The molecule has 2 rings (SSSR count). The minimum absolute atomic E-state index is 0.0227. The van der Waals surface area contributed by atoms with E-state index in [1.807, 2.05) is 0 Å². The summed E-state index contributed by atoms with van der Waals surface area (Å²) in [7, 11) is 0. The lowest BCUT2D eigenvalue weighted by molar-refractivity contribution is -0.0913. The number of aliphatic hydroxyl groups is 1. The summed E-state index contributed by atoms with van der Waals surface area (Å²) < 4.78 is 27.1. The van der Waals surface area contributed by atoms with Crippen molar-refractivity contribution in [3.05, 3.63) is 29.0 Å². The van der Waals surface area contributed by atoms with E-state index >= 15 is 0 Å². The Morgan fingerprint density at radius 2 is 2.16 bits per heavy atom. The Hall–Kier alpha value is -1.27. The molecule has 0 radical (unpaired) electrons. The summed E-state index contributed by atoms with van der Waals surface area (Å²) in [4.78, 5) is 16.9. The standard InChI is InChI=1S/C12H13ClF2N2O2/c1-11(2)10(19)12(14,15)6-17(11)9(18)7-4-3-5-8(13)16-7/h3-5,10,19H,6H2,1-2H3. The molecule has 1 aliphatic rings. The van der Waals surface area contributed by atoms with Crippen LogP contribution in [0.2, 0.25) is 5.15 Å². The van der Waals surface area contributed by atoms with Crippen molar-refractivity contribution >= 4 is 17.5 Å². The molecular weight excluding hydrogens is 278 g/mol. The Balaban J connectivity index is 2.35. The van der Waals surface area contributed by atoms with Gasteiger partial charge in [-0.3, -0.25) is 4.79 Å². The van der Waals surface area contributed by atoms with Gasteiger partial charge in [-0.25, -0.2) is 13.8 Å². The molecule has 19 heavy (non-hydrogen) atoms. The number of hydrogen-bond donors (Lipinski definition) is 1. The van der Waals surface area contributed by atoms with E-state index in [-0.39, 0.29) is 10.8 Å². The number of amides is 1. The summed E-state index contributed by atoms with van der Waals surface area (Å²) in [5.41, 5.74) is -1.39. The molecule has 0 bridgehead atoms. The summed E-state index contributed by atoms with van der Waals surface area (Å²) in [6, 6.07) is 4.39. The molecular formula is C12H13ClF2N2O2. The third-order valence-electron chi connectivity index (χ3n) is 3.31. The smallest absolute Gasteiger partial charge is 0.292 e. The molecule has 7 heteroatoms. The highest BCUT2D eigenvalue weighted by Crippen LogP contribution is 2.40. The average Bonchev–Trinajstić information content (AvgIpc) is 2.49. The van der Waals surface area contributed by atoms with Gasteiger partial charge in [-0.1, -0.05) is 17.7 Å². The van der Waals surface area contributed by atoms with Gasteiger partial charge in [0.2, 0.25) is 0 Å². The van der Waals surface area contributed by atoms with Crippen molar-refractivity contribution in [1.82, 2.24) is 9.88 Å². The average molecular weight is 291 g/mol. The van der Waals surface area contributed by atoms with Crippen LogP contribution in [0.1, 0.15) is 24.3 Å². The second-order valence-electron chi connectivity index (χ2n) is 5.05. The molecule has 4 nitrogen and oxygen atoms in total. The van der Waals surface area contributed by atoms with Gasteiger partial charge in [0.15, 0.2) is 0 Å². The van der Waals surface area contributed by atoms with Gasteiger partial charge in [-0.05, 0) is 26.0 Å². The van der Waals surface area contributed by atoms with Gasteiger partial charge < -0.3 is 10.0 Å². The first-order valence-corrected chi connectivity index (χ1v) is 6.04. The van der Waals surface area contributed by atoms with E-state index in [0.29, 0.717) is 0 Å². The molecule has 1 aromatic rings. The van der Waals surface area contributed by atoms with Crippen molar-refractivity contribution in [2.45, 2.75) is 31.4 Å². The van der Waals surface area contributed by atoms with Gasteiger partial charge in [0.25, 0.3) is 11.8 Å². The molecule has 1 atom stereocenters. The number of likely N-dealkylation sites (tertiary alicyclic amines) is 1. The Bertz CT molecular complexity index is 522. The highest BCUT2D eigenvalue weighted by atomic mass is 35.5. The molecule has 0 aliphatic carbocycles. The Labute approximate surface area is 114 Å². The zero-order chi connectivity index (χ0) is 14.4. The number of halogens is 3. The van der Waals surface area contributed by atoms with Gasteiger partial charge >= 0.3 is 0 Å². The third kappa shape index (κ3) is 2.30. The van der Waals surface area contributed by atoms with E-state index in [4.69, 9.17) is 11.6 Å². The molecule has 1 N–H and O–H groups in total. The molecule has 1 fully saturated rings. The SMILES string of the molecule is CC1(C)C(O)C(F)(F)CN1C(=O)c1cccc(Cl)n1. The van der Waals surface area contributed by atoms with Crippen molar-refractivity contribution in [2.24, 2.45) is 0 Å². The molecule has 1 saturated heterocycles. The summed E-state index contributed by atoms with van der Waals surface area (Å²) in [5.74, 6) is -4.01. The summed E-state index contributed by atoms with van der Waals surface area (Å²) in [5, 5.41) is 9.72. The largest absolute Gasteiger partial charge is 0.384 e. The Morgan fingerprint density at radius 1 is 1.53 bits per heavy atom. The maximum absolute atomic E-state index is 13.5. The molecule has 0 aromatic carbocycles. The maximum Gasteiger partial charge on any atom is 0.292 e. The topological polar surface area (TPSA) is 53.4 Å². The zero-order valence-electron chi connectivity index (χ0n) is 10.4. The van der Waals surface area contributed by atoms with E-state index in [1.54, 1.807) is 0 Å². The van der Waals surface area contributed by atoms with Gasteiger partial charge in [-0.2, -0.15) is 0 Å². The van der Waals surface area contributed by atoms with Crippen LogP contribution in [0.15, 0.2) is 18.2 Å². The van der Waals surface area contributed by atoms with E-state index in [2.05, 4.69) is 4.98 Å². The molecule has 2 heterocycles. The first kappa shape index (κ1) is 14.1. The summed E-state index contributed by atoms with van der Waals surface area (Å²) in [6.07, 6.45) is -1.91. The van der Waals surface area contributed by atoms with Gasteiger partial charge in [0.05, 0.1) is 12.1 Å². The molecule has 0 saturated carbocycles. The first-order valence-electron chi connectivity index (χ1n) is 5.66. The van der Waals surface area contributed by atoms with E-state index < -0.39 is 30.0 Å². The second kappa shape index (κ2) is 4.38. The quantitative estimate of drug-likeness (QED) is 0.805. The van der Waals surface area contributed by atoms with Crippen molar-refractivity contribution in [3.63, 3.8) is 0 Å². The number of pyridine rings is 1. The highest BCUT2D eigenvalue weighted by molar-refractivity contribution is 6.29. The van der Waals surface area contributed by atoms with Crippen molar-refractivity contribution < 1.29 is 18.7 Å². The predicted octanol–water partition coefficient (Wildman–Crippen LogP) is 1.97. The van der Waals surface area contributed by atoms with Crippen LogP contribution in [0, 0.1) is 0 Å². The van der Waals surface area contributed by atoms with Gasteiger partial charge in [-0.15, -0.1) is 0 Å². The van der Waals surface area contributed by atoms with E-state index in [0.717, 1.165) is 4.90 Å². The van der Waals surface area contributed by atoms with Crippen molar-refractivity contribution in [1.29, 1.82) is 0 Å². The van der Waals surface area contributed by atoms with Crippen LogP contribution in [0.25, 0.3) is 0 Å². The summed E-state index contributed by atoms with van der Waals surface area (Å²) in [6.45, 7) is 1.94. The van der Waals surface area contributed by atoms with Gasteiger partial charge in [0.1, 0.15) is 17.0 Å². The van der Waals surface area contributed by atoms with Crippen LogP contribution in [0.5, 0.6) is 0 Å². The maximum atomic E-state index is 13.5. The number of rotatable bonds is 1. The number of carbonyl (C=O) groups is 1. The summed E-state index contributed by atoms with van der Waals surface area (Å²) >= 11 is 5.67. The van der Waals surface area contributed by atoms with Crippen molar-refractivity contribution in [3.8, 4) is 0 Å². The second-order valence-corrected chi connectivity index (χ2v) is 5.44. The number of aliphatic hydroxyl groups excluding tert-OH is 1. The fourth-order valence-electron chi connectivity index (χ4n) is 2.16. The monoisotopic (exact) mass is 290 g/mol. The number of hydrogen-bond acceptors (Lipinski definition) is 3. The minimum Gasteiger partial charge on any atom is -0.384 e. The number of carbonyl (C=O) groups excluding carboxylic acids is 1. The molecule has 1 amide bonds. The van der Waals surface area contributed by atoms with Crippen LogP contribution in [-0.4, -0.2) is 45.0 Å². The fourth-order valence-corrected chi connectivity index (χ4v) is 2.33. The highest BCUT2D eigenvalue weighted by Gasteiger charge is 2.60. The third-order valence-corrected chi connectivity index (χ3v) is 3.52. The first-order chi connectivity index (χ1) is 8.66. The number of nitrogens with zero attached hydrogens (tertiary/aromatic N) is 2. The molecule has 1 aromatic heterocycles. The fraction of sp³-hybridized carbons (Fsp3) is 0.500. The Morgan fingerprint density at radius 3 is 2.63 bits per heavy atom. The number of alkyl halides is 2. The zero-order valence-corrected chi connectivity index (χ0v) is 11.2. The van der Waals surface area contributed by atoms with Crippen molar-refractivity contribution in [2.75, 3.05) is 6.54 Å². The molecule has 1 unspecified atom stereocenters. The molecule has 104 valence electrons. The lowest BCUT2D eigenvalue weighted by Crippen LogP contribution is -2.49. The van der Waals surface area contributed by atoms with Gasteiger partial charge in [0, 0.05) is 0 Å². The van der Waals surface area contributed by atoms with Crippen LogP contribution in [0.3, 0.4) is 0 Å². The lowest BCUT2D eigenvalue weighted by atomic mass is 9.97. The normalized spacial score (nSPS) is 24.5. The lowest BCUT2D eigenvalue weighted by Gasteiger charge is -2.32. The molecule has 0 spiro atoms.